The highest BCUT2D eigenvalue weighted by atomic mass is 16.2. The molecule has 0 aliphatic rings. The number of aryl methyl sites for hydroxylation is 1. The number of hydrogen-bond donors (Lipinski definition) is 0. The van der Waals surface area contributed by atoms with Crippen molar-refractivity contribution in [1.29, 1.82) is 0 Å². The van der Waals surface area contributed by atoms with E-state index in [1.807, 2.05) is 50.1 Å². The van der Waals surface area contributed by atoms with Crippen LogP contribution >= 0.6 is 0 Å². The van der Waals surface area contributed by atoms with Crippen LogP contribution in [0.4, 0.5) is 0 Å². The molecule has 0 radical (unpaired) electrons. The third-order valence-corrected chi connectivity index (χ3v) is 3.96. The SMILES string of the molecule is CC(C)N(Cc1ccnc(-c2ccncc2)c1)C(=O)c1cn(C)cn1. The van der Waals surface area contributed by atoms with Crippen molar-refractivity contribution in [2.75, 3.05) is 0 Å². The van der Waals surface area contributed by atoms with Crippen LogP contribution in [0.2, 0.25) is 0 Å². The van der Waals surface area contributed by atoms with E-state index < -0.39 is 0 Å². The van der Waals surface area contributed by atoms with Crippen molar-refractivity contribution < 1.29 is 4.79 Å². The third-order valence-electron chi connectivity index (χ3n) is 3.96. The molecule has 128 valence electrons. The summed E-state index contributed by atoms with van der Waals surface area (Å²) in [5.41, 5.74) is 3.36. The van der Waals surface area contributed by atoms with Gasteiger partial charge in [-0.1, -0.05) is 0 Å². The molecule has 0 atom stereocenters. The molecule has 3 aromatic heterocycles. The van der Waals surface area contributed by atoms with Crippen molar-refractivity contribution >= 4 is 5.91 Å². The molecule has 6 heteroatoms. The van der Waals surface area contributed by atoms with Crippen molar-refractivity contribution in [2.45, 2.75) is 26.4 Å². The Kier molecular flexibility index (Phi) is 4.88. The van der Waals surface area contributed by atoms with Crippen molar-refractivity contribution in [3.8, 4) is 11.3 Å². The maximum Gasteiger partial charge on any atom is 0.274 e. The number of hydrogen-bond acceptors (Lipinski definition) is 4. The summed E-state index contributed by atoms with van der Waals surface area (Å²) >= 11 is 0. The lowest BCUT2D eigenvalue weighted by Crippen LogP contribution is -2.36. The zero-order valence-electron chi connectivity index (χ0n) is 14.6. The van der Waals surface area contributed by atoms with Crippen LogP contribution < -0.4 is 0 Å². The van der Waals surface area contributed by atoms with Gasteiger partial charge in [0.05, 0.1) is 12.0 Å². The van der Waals surface area contributed by atoms with E-state index in [4.69, 9.17) is 0 Å². The molecule has 6 nitrogen and oxygen atoms in total. The molecule has 0 aliphatic heterocycles. The Balaban J connectivity index is 1.84. The summed E-state index contributed by atoms with van der Waals surface area (Å²) in [6, 6.07) is 7.85. The molecule has 0 bridgehead atoms. The molecule has 3 rings (SSSR count). The minimum atomic E-state index is -0.0714. The number of pyridine rings is 2. The summed E-state index contributed by atoms with van der Waals surface area (Å²) in [5, 5.41) is 0. The van der Waals surface area contributed by atoms with Gasteiger partial charge in [-0.25, -0.2) is 4.98 Å². The predicted molar refractivity (Wildman–Crippen MR) is 95.7 cm³/mol. The first-order chi connectivity index (χ1) is 12.0. The Morgan fingerprint density at radius 3 is 2.56 bits per heavy atom. The molecule has 0 unspecified atom stereocenters. The number of carbonyl (C=O) groups excluding carboxylic acids is 1. The Morgan fingerprint density at radius 1 is 1.16 bits per heavy atom. The Morgan fingerprint density at radius 2 is 1.92 bits per heavy atom. The maximum atomic E-state index is 12.8. The number of imidazole rings is 1. The van der Waals surface area contributed by atoms with Crippen LogP contribution in [0.3, 0.4) is 0 Å². The molecular weight excluding hydrogens is 314 g/mol. The first-order valence-corrected chi connectivity index (χ1v) is 8.19. The lowest BCUT2D eigenvalue weighted by molar-refractivity contribution is 0.0684. The smallest absolute Gasteiger partial charge is 0.274 e. The fourth-order valence-electron chi connectivity index (χ4n) is 2.61. The summed E-state index contributed by atoms with van der Waals surface area (Å²) in [4.78, 5) is 27.2. The lowest BCUT2D eigenvalue weighted by Gasteiger charge is -2.26. The van der Waals surface area contributed by atoms with E-state index in [0.717, 1.165) is 16.8 Å². The number of carbonyl (C=O) groups is 1. The van der Waals surface area contributed by atoms with Gasteiger partial charge >= 0.3 is 0 Å². The molecular formula is C19H21N5O. The van der Waals surface area contributed by atoms with E-state index in [9.17, 15) is 4.79 Å². The zero-order chi connectivity index (χ0) is 17.8. The standard InChI is InChI=1S/C19H21N5O/c1-14(2)24(19(25)18-12-23(3)13-22-18)11-15-4-9-21-17(10-15)16-5-7-20-8-6-16/h4-10,12-14H,11H2,1-3H3. The summed E-state index contributed by atoms with van der Waals surface area (Å²) in [5.74, 6) is -0.0714. The van der Waals surface area contributed by atoms with Crippen molar-refractivity contribution in [3.05, 3.63) is 66.6 Å². The normalized spacial score (nSPS) is 10.9. The first-order valence-electron chi connectivity index (χ1n) is 8.19. The van der Waals surface area contributed by atoms with Crippen LogP contribution in [0.1, 0.15) is 29.9 Å². The summed E-state index contributed by atoms with van der Waals surface area (Å²) in [6.45, 7) is 4.52. The largest absolute Gasteiger partial charge is 0.340 e. The maximum absolute atomic E-state index is 12.8. The Bertz CT molecular complexity index is 857. The first kappa shape index (κ1) is 16.8. The predicted octanol–water partition coefficient (Wildman–Crippen LogP) is 2.93. The fraction of sp³-hybridized carbons (Fsp3) is 0.263. The van der Waals surface area contributed by atoms with E-state index in [1.165, 1.54) is 0 Å². The van der Waals surface area contributed by atoms with Gasteiger partial charge in [0, 0.05) is 50.0 Å². The molecule has 1 amide bonds. The van der Waals surface area contributed by atoms with Crippen molar-refractivity contribution in [1.82, 2.24) is 24.4 Å². The number of rotatable bonds is 5. The molecule has 0 fully saturated rings. The van der Waals surface area contributed by atoms with Gasteiger partial charge in [0.2, 0.25) is 0 Å². The summed E-state index contributed by atoms with van der Waals surface area (Å²) in [7, 11) is 1.85. The van der Waals surface area contributed by atoms with Crippen LogP contribution in [0.15, 0.2) is 55.4 Å². The second-order valence-corrected chi connectivity index (χ2v) is 6.24. The van der Waals surface area contributed by atoms with Gasteiger partial charge < -0.3 is 9.47 Å². The van der Waals surface area contributed by atoms with E-state index in [0.29, 0.717) is 12.2 Å². The van der Waals surface area contributed by atoms with Gasteiger partial charge in [0.1, 0.15) is 5.69 Å². The average Bonchev–Trinajstić information content (AvgIpc) is 3.06. The molecule has 0 N–H and O–H groups in total. The Hall–Kier alpha value is -3.02. The highest BCUT2D eigenvalue weighted by molar-refractivity contribution is 5.92. The van der Waals surface area contributed by atoms with Crippen LogP contribution in [0.5, 0.6) is 0 Å². The molecule has 0 aromatic carbocycles. The van der Waals surface area contributed by atoms with Gasteiger partial charge in [-0.05, 0) is 43.7 Å². The molecule has 0 aliphatic carbocycles. The third kappa shape index (κ3) is 3.91. The molecule has 3 aromatic rings. The van der Waals surface area contributed by atoms with Crippen LogP contribution in [-0.2, 0) is 13.6 Å². The quantitative estimate of drug-likeness (QED) is 0.719. The molecule has 3 heterocycles. The van der Waals surface area contributed by atoms with E-state index in [-0.39, 0.29) is 11.9 Å². The highest BCUT2D eigenvalue weighted by Gasteiger charge is 2.21. The molecule has 0 spiro atoms. The molecule has 25 heavy (non-hydrogen) atoms. The number of aromatic nitrogens is 4. The van der Waals surface area contributed by atoms with Gasteiger partial charge in [0.15, 0.2) is 0 Å². The molecule has 0 saturated heterocycles. The lowest BCUT2D eigenvalue weighted by atomic mass is 10.1. The number of nitrogens with zero attached hydrogens (tertiary/aromatic N) is 5. The van der Waals surface area contributed by atoms with Crippen LogP contribution in [0, 0.1) is 0 Å². The zero-order valence-corrected chi connectivity index (χ0v) is 14.6. The highest BCUT2D eigenvalue weighted by Crippen LogP contribution is 2.19. The van der Waals surface area contributed by atoms with E-state index >= 15 is 0 Å². The van der Waals surface area contributed by atoms with Crippen molar-refractivity contribution in [3.63, 3.8) is 0 Å². The van der Waals surface area contributed by atoms with Gasteiger partial charge in [0.25, 0.3) is 5.91 Å². The van der Waals surface area contributed by atoms with Gasteiger partial charge in [-0.15, -0.1) is 0 Å². The average molecular weight is 335 g/mol. The Labute approximate surface area is 147 Å². The topological polar surface area (TPSA) is 63.9 Å². The van der Waals surface area contributed by atoms with E-state index in [1.54, 1.807) is 35.7 Å². The summed E-state index contributed by atoms with van der Waals surface area (Å²) in [6.07, 6.45) is 8.64. The van der Waals surface area contributed by atoms with Crippen LogP contribution in [0.25, 0.3) is 11.3 Å². The van der Waals surface area contributed by atoms with Crippen LogP contribution in [-0.4, -0.2) is 36.4 Å². The fourth-order valence-corrected chi connectivity index (χ4v) is 2.61. The minimum Gasteiger partial charge on any atom is -0.340 e. The monoisotopic (exact) mass is 335 g/mol. The number of amides is 1. The van der Waals surface area contributed by atoms with Crippen molar-refractivity contribution in [2.24, 2.45) is 7.05 Å². The molecule has 0 saturated carbocycles. The van der Waals surface area contributed by atoms with Gasteiger partial charge in [-0.3, -0.25) is 14.8 Å². The minimum absolute atomic E-state index is 0.0621. The summed E-state index contributed by atoms with van der Waals surface area (Å²) < 4.78 is 1.78. The van der Waals surface area contributed by atoms with E-state index in [2.05, 4.69) is 15.0 Å². The second-order valence-electron chi connectivity index (χ2n) is 6.24. The second kappa shape index (κ2) is 7.25. The van der Waals surface area contributed by atoms with Gasteiger partial charge in [-0.2, -0.15) is 0 Å².